The number of nitrogens with one attached hydrogen (secondary N) is 1. The number of halogens is 1. The molecule has 2 fully saturated rings. The minimum atomic E-state index is -0.907. The smallest absolute Gasteiger partial charge is 0.254 e. The molecule has 2 N–H and O–H groups in total. The second-order valence-corrected chi connectivity index (χ2v) is 8.02. The molecule has 7 nitrogen and oxygen atoms in total. The number of nitriles is 1. The van der Waals surface area contributed by atoms with E-state index in [1.165, 1.54) is 6.07 Å². The van der Waals surface area contributed by atoms with Crippen molar-refractivity contribution in [2.75, 3.05) is 19.7 Å². The molecule has 2 aliphatic heterocycles. The van der Waals surface area contributed by atoms with E-state index in [0.29, 0.717) is 45.4 Å². The predicted octanol–water partition coefficient (Wildman–Crippen LogP) is 1.74. The molecule has 1 spiro atoms. The molecule has 2 amide bonds. The highest BCUT2D eigenvalue weighted by molar-refractivity contribution is 5.94. The number of benzene rings is 1. The molecule has 0 radical (unpaired) electrons. The van der Waals surface area contributed by atoms with Crippen molar-refractivity contribution in [1.82, 2.24) is 10.2 Å². The van der Waals surface area contributed by atoms with Crippen LogP contribution in [0.25, 0.3) is 0 Å². The van der Waals surface area contributed by atoms with Crippen molar-refractivity contribution in [3.8, 4) is 6.07 Å². The third kappa shape index (κ3) is 4.11. The molecule has 2 atom stereocenters. The highest BCUT2D eigenvalue weighted by Crippen LogP contribution is 2.40. The highest BCUT2D eigenvalue weighted by atomic mass is 19.1. The number of hydrogen-bond donors (Lipinski definition) is 2. The molecule has 0 unspecified atom stereocenters. The Bertz CT molecular complexity index is 845. The van der Waals surface area contributed by atoms with Crippen molar-refractivity contribution in [3.63, 3.8) is 0 Å². The van der Waals surface area contributed by atoms with Gasteiger partial charge >= 0.3 is 0 Å². The summed E-state index contributed by atoms with van der Waals surface area (Å²) in [6, 6.07) is 5.43. The topological polar surface area (TPSA) is 103 Å². The molecule has 2 aliphatic rings. The lowest BCUT2D eigenvalue weighted by molar-refractivity contribution is -0.205. The summed E-state index contributed by atoms with van der Waals surface area (Å²) in [5.74, 6) is -1.12. The Hall–Kier alpha value is -2.50. The second kappa shape index (κ2) is 8.09. The number of piperidine rings is 1. The number of nitrogens with zero attached hydrogens (tertiary/aromatic N) is 2. The summed E-state index contributed by atoms with van der Waals surface area (Å²) in [5.41, 5.74) is -1.41. The molecule has 8 heteroatoms. The van der Waals surface area contributed by atoms with Gasteiger partial charge in [0, 0.05) is 31.7 Å². The van der Waals surface area contributed by atoms with Crippen molar-refractivity contribution in [3.05, 3.63) is 35.1 Å². The molecule has 29 heavy (non-hydrogen) atoms. The van der Waals surface area contributed by atoms with Crippen LogP contribution in [0.1, 0.15) is 55.5 Å². The van der Waals surface area contributed by atoms with E-state index in [4.69, 9.17) is 10.00 Å². The molecular weight excluding hydrogens is 377 g/mol. The third-order valence-corrected chi connectivity index (χ3v) is 6.03. The summed E-state index contributed by atoms with van der Waals surface area (Å²) in [6.45, 7) is 4.64. The molecule has 0 aliphatic carbocycles. The van der Waals surface area contributed by atoms with Crippen molar-refractivity contribution < 1.29 is 23.8 Å². The first-order chi connectivity index (χ1) is 13.7. The maximum Gasteiger partial charge on any atom is 0.254 e. The van der Waals surface area contributed by atoms with E-state index < -0.39 is 23.1 Å². The number of rotatable bonds is 3. The molecule has 2 saturated heterocycles. The van der Waals surface area contributed by atoms with Gasteiger partial charge in [-0.05, 0) is 44.4 Å². The van der Waals surface area contributed by atoms with Gasteiger partial charge in [-0.2, -0.15) is 5.26 Å². The summed E-state index contributed by atoms with van der Waals surface area (Å²) in [5, 5.41) is 23.0. The van der Waals surface area contributed by atoms with Crippen LogP contribution in [0.15, 0.2) is 18.2 Å². The summed E-state index contributed by atoms with van der Waals surface area (Å²) in [6.07, 6.45) is 0.729. The highest BCUT2D eigenvalue weighted by Gasteiger charge is 2.54. The molecule has 0 aromatic heterocycles. The summed E-state index contributed by atoms with van der Waals surface area (Å²) >= 11 is 0. The first-order valence-electron chi connectivity index (χ1n) is 9.86. The molecule has 156 valence electrons. The van der Waals surface area contributed by atoms with Crippen LogP contribution in [0.5, 0.6) is 0 Å². The molecule has 3 rings (SSSR count). The van der Waals surface area contributed by atoms with Gasteiger partial charge in [-0.3, -0.25) is 9.59 Å². The molecule has 0 bridgehead atoms. The van der Waals surface area contributed by atoms with Gasteiger partial charge in [0.2, 0.25) is 5.91 Å². The van der Waals surface area contributed by atoms with E-state index >= 15 is 0 Å². The van der Waals surface area contributed by atoms with E-state index in [-0.39, 0.29) is 22.9 Å². The van der Waals surface area contributed by atoms with Gasteiger partial charge in [0.15, 0.2) is 0 Å². The normalized spacial score (nSPS) is 26.0. The SMILES string of the molecule is CCC(=O)N[C@]1(C)CCOC2(CCN(C(=O)c3cc(F)cc(C#N)c3)CC2)[C@H]1O. The Kier molecular flexibility index (Phi) is 5.92. The average Bonchev–Trinajstić information content (AvgIpc) is 2.71. The van der Waals surface area contributed by atoms with Gasteiger partial charge in [0.05, 0.1) is 22.8 Å². The van der Waals surface area contributed by atoms with Gasteiger partial charge in [0.25, 0.3) is 5.91 Å². The molecule has 1 aromatic carbocycles. The van der Waals surface area contributed by atoms with Gasteiger partial charge in [-0.1, -0.05) is 6.92 Å². The number of ether oxygens (including phenoxy) is 1. The van der Waals surface area contributed by atoms with Crippen LogP contribution in [0.3, 0.4) is 0 Å². The number of carbonyl (C=O) groups excluding carboxylic acids is 2. The number of hydrogen-bond acceptors (Lipinski definition) is 5. The maximum atomic E-state index is 13.7. The standard InChI is InChI=1S/C21H26FN3O4/c1-3-17(26)24-20(2)6-9-29-21(19(20)28)4-7-25(8-5-21)18(27)15-10-14(13-23)11-16(22)12-15/h10-12,19,28H,3-9H2,1-2H3,(H,24,26)/t19-,20+/m0/s1. The van der Waals surface area contributed by atoms with E-state index in [1.807, 2.05) is 13.0 Å². The number of amides is 2. The Morgan fingerprint density at radius 2 is 2.03 bits per heavy atom. The third-order valence-electron chi connectivity index (χ3n) is 6.03. The van der Waals surface area contributed by atoms with Crippen molar-refractivity contribution in [1.29, 1.82) is 5.26 Å². The van der Waals surface area contributed by atoms with Crippen LogP contribution in [0.2, 0.25) is 0 Å². The predicted molar refractivity (Wildman–Crippen MR) is 102 cm³/mol. The van der Waals surface area contributed by atoms with E-state index in [1.54, 1.807) is 11.8 Å². The van der Waals surface area contributed by atoms with E-state index in [9.17, 15) is 19.1 Å². The Balaban J connectivity index is 1.72. The summed E-state index contributed by atoms with van der Waals surface area (Å²) in [7, 11) is 0. The zero-order valence-corrected chi connectivity index (χ0v) is 16.7. The van der Waals surface area contributed by atoms with Crippen molar-refractivity contribution in [2.45, 2.75) is 56.8 Å². The van der Waals surface area contributed by atoms with Crippen LogP contribution >= 0.6 is 0 Å². The fraction of sp³-hybridized carbons (Fsp3) is 0.571. The quantitative estimate of drug-likeness (QED) is 0.800. The van der Waals surface area contributed by atoms with Crippen molar-refractivity contribution in [2.24, 2.45) is 0 Å². The van der Waals surface area contributed by atoms with Crippen molar-refractivity contribution >= 4 is 11.8 Å². The largest absolute Gasteiger partial charge is 0.388 e. The average molecular weight is 403 g/mol. The fourth-order valence-electron chi connectivity index (χ4n) is 4.27. The van der Waals surface area contributed by atoms with Gasteiger partial charge in [-0.25, -0.2) is 4.39 Å². The molecular formula is C21H26FN3O4. The Morgan fingerprint density at radius 3 is 2.66 bits per heavy atom. The van der Waals surface area contributed by atoms with Crippen LogP contribution in [0.4, 0.5) is 4.39 Å². The van der Waals surface area contributed by atoms with Crippen LogP contribution < -0.4 is 5.32 Å². The summed E-state index contributed by atoms with van der Waals surface area (Å²) in [4.78, 5) is 26.3. The maximum absolute atomic E-state index is 13.7. The lowest BCUT2D eigenvalue weighted by Gasteiger charge is -2.53. The zero-order chi connectivity index (χ0) is 21.2. The zero-order valence-electron chi connectivity index (χ0n) is 16.7. The second-order valence-electron chi connectivity index (χ2n) is 8.02. The molecule has 2 heterocycles. The molecule has 0 saturated carbocycles. The van der Waals surface area contributed by atoms with Crippen LogP contribution in [-0.2, 0) is 9.53 Å². The Morgan fingerprint density at radius 1 is 1.34 bits per heavy atom. The number of aliphatic hydroxyl groups excluding tert-OH is 1. The van der Waals surface area contributed by atoms with Gasteiger partial charge in [0.1, 0.15) is 11.9 Å². The minimum Gasteiger partial charge on any atom is -0.388 e. The van der Waals surface area contributed by atoms with Crippen LogP contribution in [0, 0.1) is 17.1 Å². The Labute approximate surface area is 169 Å². The first-order valence-corrected chi connectivity index (χ1v) is 9.86. The lowest BCUT2D eigenvalue weighted by atomic mass is 9.73. The fourth-order valence-corrected chi connectivity index (χ4v) is 4.27. The number of likely N-dealkylation sites (tertiary alicyclic amines) is 1. The van der Waals surface area contributed by atoms with Gasteiger partial charge in [-0.15, -0.1) is 0 Å². The monoisotopic (exact) mass is 403 g/mol. The number of aliphatic hydroxyl groups is 1. The van der Waals surface area contributed by atoms with E-state index in [2.05, 4.69) is 5.32 Å². The summed E-state index contributed by atoms with van der Waals surface area (Å²) < 4.78 is 19.7. The molecule has 1 aromatic rings. The van der Waals surface area contributed by atoms with E-state index in [0.717, 1.165) is 12.1 Å². The van der Waals surface area contributed by atoms with Crippen LogP contribution in [-0.4, -0.2) is 58.8 Å². The minimum absolute atomic E-state index is 0.0929. The number of carbonyl (C=O) groups is 2. The lowest BCUT2D eigenvalue weighted by Crippen LogP contribution is -2.69. The van der Waals surface area contributed by atoms with Gasteiger partial charge < -0.3 is 20.1 Å². The first kappa shape index (κ1) is 21.2.